The number of likely N-dealkylation sites (N-methyl/N-ethyl adjacent to an activating group) is 1. The Morgan fingerprint density at radius 2 is 1.82 bits per heavy atom. The normalized spacial score (nSPS) is 10.6. The van der Waals surface area contributed by atoms with E-state index in [9.17, 15) is 13.2 Å². The van der Waals surface area contributed by atoms with E-state index in [1.54, 1.807) is 12.1 Å². The molecular formula is C14H23ClN2O4S. The van der Waals surface area contributed by atoms with Gasteiger partial charge < -0.3 is 15.4 Å². The summed E-state index contributed by atoms with van der Waals surface area (Å²) < 4.78 is 28.1. The first kappa shape index (κ1) is 20.7. The van der Waals surface area contributed by atoms with Crippen molar-refractivity contribution in [3.63, 3.8) is 0 Å². The predicted molar refractivity (Wildman–Crippen MR) is 88.5 cm³/mol. The van der Waals surface area contributed by atoms with E-state index in [1.807, 2.05) is 7.05 Å². The first-order chi connectivity index (χ1) is 9.93. The lowest BCUT2D eigenvalue weighted by Gasteiger charge is -2.07. The summed E-state index contributed by atoms with van der Waals surface area (Å²) in [4.78, 5) is 11.7. The zero-order chi connectivity index (χ0) is 15.7. The fourth-order valence-corrected chi connectivity index (χ4v) is 2.25. The molecule has 2 N–H and O–H groups in total. The minimum Gasteiger partial charge on any atom is -0.494 e. The third-order valence-corrected chi connectivity index (χ3v) is 3.89. The number of carbonyl (C=O) groups is 1. The zero-order valence-electron chi connectivity index (χ0n) is 12.8. The SMILES string of the molecule is CNCCNC(=O)CCCOc1ccc(S(C)(=O)=O)cc1.Cl. The van der Waals surface area contributed by atoms with Crippen molar-refractivity contribution in [3.05, 3.63) is 24.3 Å². The van der Waals surface area contributed by atoms with Crippen molar-refractivity contribution < 1.29 is 17.9 Å². The first-order valence-corrected chi connectivity index (χ1v) is 8.67. The summed E-state index contributed by atoms with van der Waals surface area (Å²) >= 11 is 0. The van der Waals surface area contributed by atoms with Crippen LogP contribution in [0, 0.1) is 0 Å². The standard InChI is InChI=1S/C14H22N2O4S.ClH/c1-15-9-10-16-14(17)4-3-11-20-12-5-7-13(8-6-12)21(2,18)19;/h5-8,15H,3-4,9-11H2,1-2H3,(H,16,17);1H. The molecule has 1 aromatic rings. The maximum atomic E-state index is 11.4. The Balaban J connectivity index is 0.00000441. The maximum Gasteiger partial charge on any atom is 0.220 e. The summed E-state index contributed by atoms with van der Waals surface area (Å²) in [5, 5.41) is 5.73. The van der Waals surface area contributed by atoms with Crippen molar-refractivity contribution in [2.24, 2.45) is 0 Å². The van der Waals surface area contributed by atoms with E-state index in [0.29, 0.717) is 31.7 Å². The molecule has 22 heavy (non-hydrogen) atoms. The summed E-state index contributed by atoms with van der Waals surface area (Å²) in [6.07, 6.45) is 2.18. The van der Waals surface area contributed by atoms with Crippen molar-refractivity contribution in [1.29, 1.82) is 0 Å². The molecule has 0 aliphatic carbocycles. The van der Waals surface area contributed by atoms with Crippen LogP contribution in [-0.2, 0) is 14.6 Å². The average molecular weight is 351 g/mol. The molecule has 0 atom stereocenters. The Kier molecular flexibility index (Phi) is 9.80. The monoisotopic (exact) mass is 350 g/mol. The van der Waals surface area contributed by atoms with Gasteiger partial charge in [0.15, 0.2) is 9.84 Å². The molecule has 0 aromatic heterocycles. The number of benzene rings is 1. The lowest BCUT2D eigenvalue weighted by Crippen LogP contribution is -2.30. The second kappa shape index (κ2) is 10.4. The quantitative estimate of drug-likeness (QED) is 0.649. The molecule has 0 aliphatic rings. The Morgan fingerprint density at radius 1 is 1.18 bits per heavy atom. The van der Waals surface area contributed by atoms with E-state index in [1.165, 1.54) is 12.1 Å². The van der Waals surface area contributed by atoms with Gasteiger partial charge in [0.2, 0.25) is 5.91 Å². The van der Waals surface area contributed by atoms with Gasteiger partial charge in [-0.15, -0.1) is 12.4 Å². The van der Waals surface area contributed by atoms with E-state index in [2.05, 4.69) is 10.6 Å². The summed E-state index contributed by atoms with van der Waals surface area (Å²) in [5.41, 5.74) is 0. The van der Waals surface area contributed by atoms with Gasteiger partial charge >= 0.3 is 0 Å². The molecule has 0 saturated carbocycles. The molecule has 6 nitrogen and oxygen atoms in total. The molecule has 126 valence electrons. The number of ether oxygens (including phenoxy) is 1. The van der Waals surface area contributed by atoms with Gasteiger partial charge in [-0.3, -0.25) is 4.79 Å². The minimum atomic E-state index is -3.18. The second-order valence-electron chi connectivity index (χ2n) is 4.65. The summed E-state index contributed by atoms with van der Waals surface area (Å²) in [6, 6.07) is 6.25. The minimum absolute atomic E-state index is 0. The van der Waals surface area contributed by atoms with E-state index in [4.69, 9.17) is 4.74 Å². The lowest BCUT2D eigenvalue weighted by molar-refractivity contribution is -0.121. The van der Waals surface area contributed by atoms with Gasteiger partial charge in [0.05, 0.1) is 11.5 Å². The Morgan fingerprint density at radius 3 is 2.36 bits per heavy atom. The number of hydrogen-bond acceptors (Lipinski definition) is 5. The van der Waals surface area contributed by atoms with Crippen molar-refractivity contribution in [1.82, 2.24) is 10.6 Å². The molecular weight excluding hydrogens is 328 g/mol. The van der Waals surface area contributed by atoms with Crippen LogP contribution in [0.4, 0.5) is 0 Å². The summed E-state index contributed by atoms with van der Waals surface area (Å²) in [5.74, 6) is 0.597. The van der Waals surface area contributed by atoms with E-state index in [-0.39, 0.29) is 23.2 Å². The summed E-state index contributed by atoms with van der Waals surface area (Å²) in [6.45, 7) is 1.77. The van der Waals surface area contributed by atoms with Crippen LogP contribution in [-0.4, -0.2) is 47.3 Å². The summed E-state index contributed by atoms with van der Waals surface area (Å²) in [7, 11) is -1.35. The third-order valence-electron chi connectivity index (χ3n) is 2.77. The number of sulfone groups is 1. The van der Waals surface area contributed by atoms with E-state index in [0.717, 1.165) is 12.8 Å². The molecule has 0 radical (unpaired) electrons. The van der Waals surface area contributed by atoms with Crippen LogP contribution >= 0.6 is 12.4 Å². The molecule has 1 rings (SSSR count). The van der Waals surface area contributed by atoms with E-state index < -0.39 is 9.84 Å². The number of amides is 1. The number of carbonyl (C=O) groups excluding carboxylic acids is 1. The van der Waals surface area contributed by atoms with Gasteiger partial charge in [-0.25, -0.2) is 8.42 Å². The highest BCUT2D eigenvalue weighted by molar-refractivity contribution is 7.90. The Labute approximate surface area is 138 Å². The highest BCUT2D eigenvalue weighted by Crippen LogP contribution is 2.16. The van der Waals surface area contributed by atoms with Gasteiger partial charge in [-0.1, -0.05) is 0 Å². The zero-order valence-corrected chi connectivity index (χ0v) is 14.4. The highest BCUT2D eigenvalue weighted by atomic mass is 35.5. The second-order valence-corrected chi connectivity index (χ2v) is 6.66. The average Bonchev–Trinajstić information content (AvgIpc) is 2.43. The fourth-order valence-electron chi connectivity index (χ4n) is 1.62. The van der Waals surface area contributed by atoms with E-state index >= 15 is 0 Å². The molecule has 0 spiro atoms. The van der Waals surface area contributed by atoms with Crippen LogP contribution in [0.5, 0.6) is 5.75 Å². The fraction of sp³-hybridized carbons (Fsp3) is 0.500. The topological polar surface area (TPSA) is 84.5 Å². The van der Waals surface area contributed by atoms with Crippen LogP contribution in [0.1, 0.15) is 12.8 Å². The molecule has 0 fully saturated rings. The van der Waals surface area contributed by atoms with Crippen molar-refractivity contribution >= 4 is 28.2 Å². The number of nitrogens with one attached hydrogen (secondary N) is 2. The maximum absolute atomic E-state index is 11.4. The Hall–Kier alpha value is -1.31. The number of hydrogen-bond donors (Lipinski definition) is 2. The van der Waals surface area contributed by atoms with Gasteiger partial charge in [0, 0.05) is 25.8 Å². The molecule has 0 unspecified atom stereocenters. The van der Waals surface area contributed by atoms with Crippen LogP contribution in [0.3, 0.4) is 0 Å². The Bertz CT molecular complexity index is 546. The largest absolute Gasteiger partial charge is 0.494 e. The van der Waals surface area contributed by atoms with Crippen LogP contribution in [0.25, 0.3) is 0 Å². The van der Waals surface area contributed by atoms with Crippen molar-refractivity contribution in [2.75, 3.05) is 33.0 Å². The van der Waals surface area contributed by atoms with Crippen LogP contribution in [0.15, 0.2) is 29.2 Å². The molecule has 1 aromatic carbocycles. The third kappa shape index (κ3) is 8.21. The highest BCUT2D eigenvalue weighted by Gasteiger charge is 2.06. The first-order valence-electron chi connectivity index (χ1n) is 6.77. The van der Waals surface area contributed by atoms with Crippen LogP contribution < -0.4 is 15.4 Å². The lowest BCUT2D eigenvalue weighted by atomic mass is 10.3. The smallest absolute Gasteiger partial charge is 0.220 e. The van der Waals surface area contributed by atoms with Crippen LogP contribution in [0.2, 0.25) is 0 Å². The number of rotatable bonds is 9. The number of halogens is 1. The van der Waals surface area contributed by atoms with Gasteiger partial charge in [0.25, 0.3) is 0 Å². The predicted octanol–water partition coefficient (Wildman–Crippen LogP) is 1.01. The molecule has 8 heteroatoms. The molecule has 1 amide bonds. The van der Waals surface area contributed by atoms with Gasteiger partial charge in [0.1, 0.15) is 5.75 Å². The molecule has 0 aliphatic heterocycles. The molecule has 0 saturated heterocycles. The molecule has 0 heterocycles. The molecule has 0 bridgehead atoms. The van der Waals surface area contributed by atoms with Gasteiger partial charge in [-0.05, 0) is 37.7 Å². The van der Waals surface area contributed by atoms with Crippen molar-refractivity contribution in [2.45, 2.75) is 17.7 Å². The van der Waals surface area contributed by atoms with Crippen molar-refractivity contribution in [3.8, 4) is 5.75 Å². The van der Waals surface area contributed by atoms with Gasteiger partial charge in [-0.2, -0.15) is 0 Å².